The Morgan fingerprint density at radius 1 is 1.00 bits per heavy atom. The molecule has 0 spiro atoms. The van der Waals surface area contributed by atoms with E-state index in [-0.39, 0.29) is 0 Å². The summed E-state index contributed by atoms with van der Waals surface area (Å²) >= 11 is 0. The Kier molecular flexibility index (Phi) is 3.87. The zero-order valence-corrected chi connectivity index (χ0v) is 7.84. The van der Waals surface area contributed by atoms with Crippen molar-refractivity contribution in [2.45, 2.75) is 19.8 Å². The molecule has 0 amide bonds. The van der Waals surface area contributed by atoms with Crippen molar-refractivity contribution in [3.8, 4) is 0 Å². The van der Waals surface area contributed by atoms with Gasteiger partial charge in [0.15, 0.2) is 0 Å². The highest BCUT2D eigenvalue weighted by Gasteiger charge is 2.07. The van der Waals surface area contributed by atoms with Crippen LogP contribution in [0.5, 0.6) is 0 Å². The van der Waals surface area contributed by atoms with Crippen molar-refractivity contribution in [2.24, 2.45) is 0 Å². The fourth-order valence-electron chi connectivity index (χ4n) is 1.67. The lowest BCUT2D eigenvalue weighted by Crippen LogP contribution is -2.34. The Morgan fingerprint density at radius 3 is 2.00 bits per heavy atom. The fraction of sp³-hybridized carbons (Fsp3) is 1.00. The van der Waals surface area contributed by atoms with E-state index in [1.165, 1.54) is 45.6 Å². The molecule has 0 atom stereocenters. The Hall–Kier alpha value is -0.0800. The number of hydrogen-bond acceptors (Lipinski definition) is 2. The minimum atomic E-state index is 1.23. The van der Waals surface area contributed by atoms with E-state index in [2.05, 4.69) is 23.8 Å². The summed E-state index contributed by atoms with van der Waals surface area (Å²) in [5, 5.41) is 0. The molecule has 0 N–H and O–H groups in total. The van der Waals surface area contributed by atoms with Gasteiger partial charge in [-0.1, -0.05) is 6.92 Å². The van der Waals surface area contributed by atoms with Crippen molar-refractivity contribution < 1.29 is 0 Å². The second-order valence-corrected chi connectivity index (χ2v) is 3.44. The molecule has 0 radical (unpaired) electrons. The van der Waals surface area contributed by atoms with E-state index in [4.69, 9.17) is 0 Å². The van der Waals surface area contributed by atoms with Gasteiger partial charge in [0, 0.05) is 0 Å². The zero-order valence-electron chi connectivity index (χ0n) is 7.84. The summed E-state index contributed by atoms with van der Waals surface area (Å²) in [5.74, 6) is 0. The molecule has 0 aliphatic carbocycles. The highest BCUT2D eigenvalue weighted by molar-refractivity contribution is 4.63. The first-order chi connectivity index (χ1) is 5.33. The maximum Gasteiger partial charge on any atom is -0.000666 e. The quantitative estimate of drug-likeness (QED) is 0.559. The molecular weight excluding hydrogens is 136 g/mol. The summed E-state index contributed by atoms with van der Waals surface area (Å²) < 4.78 is 0. The van der Waals surface area contributed by atoms with Crippen LogP contribution in [0.3, 0.4) is 0 Å². The molecule has 2 nitrogen and oxygen atoms in total. The van der Waals surface area contributed by atoms with Gasteiger partial charge in [-0.3, -0.25) is 0 Å². The molecular formula is C9H20N2. The Labute approximate surface area is 70.2 Å². The van der Waals surface area contributed by atoms with Gasteiger partial charge in [0.05, 0.1) is 0 Å². The molecule has 0 bridgehead atoms. The van der Waals surface area contributed by atoms with Gasteiger partial charge in [-0.15, -0.1) is 0 Å². The van der Waals surface area contributed by atoms with E-state index in [0.29, 0.717) is 0 Å². The van der Waals surface area contributed by atoms with Gasteiger partial charge < -0.3 is 9.80 Å². The average molecular weight is 156 g/mol. The molecule has 1 heterocycles. The molecule has 1 aliphatic heterocycles. The summed E-state index contributed by atoms with van der Waals surface area (Å²) in [7, 11) is 2.22. The summed E-state index contributed by atoms with van der Waals surface area (Å²) in [5.41, 5.74) is 0. The molecule has 11 heavy (non-hydrogen) atoms. The SMILES string of the molecule is CCN1CCCN(C)CCC1. The average Bonchev–Trinajstić information content (AvgIpc) is 1.96. The standard InChI is InChI=1S/C9H20N2/c1-3-11-8-4-6-10(2)7-5-9-11/h3-9H2,1-2H3. The predicted molar refractivity (Wildman–Crippen MR) is 48.8 cm³/mol. The molecule has 1 rings (SSSR count). The number of rotatable bonds is 1. The first kappa shape index (κ1) is 9.01. The van der Waals surface area contributed by atoms with Crippen LogP contribution in [0, 0.1) is 0 Å². The molecule has 1 aliphatic rings. The summed E-state index contributed by atoms with van der Waals surface area (Å²) in [6.07, 6.45) is 2.68. The largest absolute Gasteiger partial charge is 0.306 e. The summed E-state index contributed by atoms with van der Waals surface area (Å²) in [4.78, 5) is 4.99. The van der Waals surface area contributed by atoms with Crippen LogP contribution >= 0.6 is 0 Å². The highest BCUT2D eigenvalue weighted by Crippen LogP contribution is 2.00. The van der Waals surface area contributed by atoms with Crippen LogP contribution in [0.1, 0.15) is 19.8 Å². The van der Waals surface area contributed by atoms with Crippen molar-refractivity contribution >= 4 is 0 Å². The second kappa shape index (κ2) is 4.73. The molecule has 2 heteroatoms. The Bertz CT molecular complexity index is 93.7. The molecule has 0 saturated carbocycles. The lowest BCUT2D eigenvalue weighted by atomic mass is 10.2. The van der Waals surface area contributed by atoms with Crippen LogP contribution in [0.4, 0.5) is 0 Å². The van der Waals surface area contributed by atoms with Gasteiger partial charge in [-0.2, -0.15) is 0 Å². The third kappa shape index (κ3) is 3.21. The monoisotopic (exact) mass is 156 g/mol. The summed E-state index contributed by atoms with van der Waals surface area (Å²) in [6.45, 7) is 8.61. The molecule has 0 aromatic heterocycles. The van der Waals surface area contributed by atoms with E-state index in [0.717, 1.165) is 0 Å². The number of hydrogen-bond donors (Lipinski definition) is 0. The van der Waals surface area contributed by atoms with Gasteiger partial charge in [0.25, 0.3) is 0 Å². The van der Waals surface area contributed by atoms with E-state index in [1.807, 2.05) is 0 Å². The van der Waals surface area contributed by atoms with Gasteiger partial charge in [0.2, 0.25) is 0 Å². The third-order valence-corrected chi connectivity index (χ3v) is 2.48. The maximum absolute atomic E-state index is 2.55. The van der Waals surface area contributed by atoms with E-state index >= 15 is 0 Å². The molecule has 0 aromatic carbocycles. The third-order valence-electron chi connectivity index (χ3n) is 2.48. The minimum absolute atomic E-state index is 1.23. The number of nitrogens with zero attached hydrogens (tertiary/aromatic N) is 2. The first-order valence-corrected chi connectivity index (χ1v) is 4.74. The van der Waals surface area contributed by atoms with Crippen LogP contribution in [-0.2, 0) is 0 Å². The summed E-state index contributed by atoms with van der Waals surface area (Å²) in [6, 6.07) is 0. The van der Waals surface area contributed by atoms with Crippen LogP contribution in [0.25, 0.3) is 0 Å². The second-order valence-electron chi connectivity index (χ2n) is 3.44. The zero-order chi connectivity index (χ0) is 8.10. The Balaban J connectivity index is 2.22. The molecule has 0 aromatic rings. The van der Waals surface area contributed by atoms with Gasteiger partial charge in [-0.05, 0) is 52.6 Å². The van der Waals surface area contributed by atoms with Gasteiger partial charge in [-0.25, -0.2) is 0 Å². The van der Waals surface area contributed by atoms with Crippen molar-refractivity contribution in [1.29, 1.82) is 0 Å². The van der Waals surface area contributed by atoms with Crippen molar-refractivity contribution in [3.63, 3.8) is 0 Å². The lowest BCUT2D eigenvalue weighted by Gasteiger charge is -2.26. The van der Waals surface area contributed by atoms with Crippen LogP contribution in [0.15, 0.2) is 0 Å². The molecule has 66 valence electrons. The van der Waals surface area contributed by atoms with Crippen molar-refractivity contribution in [1.82, 2.24) is 9.80 Å². The van der Waals surface area contributed by atoms with E-state index in [1.54, 1.807) is 0 Å². The van der Waals surface area contributed by atoms with E-state index in [9.17, 15) is 0 Å². The fourth-order valence-corrected chi connectivity index (χ4v) is 1.67. The Morgan fingerprint density at radius 2 is 1.55 bits per heavy atom. The van der Waals surface area contributed by atoms with Gasteiger partial charge in [0.1, 0.15) is 0 Å². The first-order valence-electron chi connectivity index (χ1n) is 4.74. The normalized spacial score (nSPS) is 24.5. The highest BCUT2D eigenvalue weighted by atomic mass is 15.2. The van der Waals surface area contributed by atoms with Crippen LogP contribution in [0.2, 0.25) is 0 Å². The molecule has 0 unspecified atom stereocenters. The maximum atomic E-state index is 2.55. The van der Waals surface area contributed by atoms with Gasteiger partial charge >= 0.3 is 0 Å². The lowest BCUT2D eigenvalue weighted by molar-refractivity contribution is 0.208. The topological polar surface area (TPSA) is 6.48 Å². The van der Waals surface area contributed by atoms with Crippen LogP contribution in [-0.4, -0.2) is 49.6 Å². The van der Waals surface area contributed by atoms with Crippen molar-refractivity contribution in [3.05, 3.63) is 0 Å². The smallest absolute Gasteiger partial charge is 0.000666 e. The van der Waals surface area contributed by atoms with E-state index < -0.39 is 0 Å². The minimum Gasteiger partial charge on any atom is -0.306 e. The molecule has 1 saturated heterocycles. The molecule has 1 fully saturated rings. The van der Waals surface area contributed by atoms with Crippen molar-refractivity contribution in [2.75, 3.05) is 39.8 Å². The van der Waals surface area contributed by atoms with Crippen LogP contribution < -0.4 is 0 Å². The predicted octanol–water partition coefficient (Wildman–Crippen LogP) is 1.03.